The zero-order valence-electron chi connectivity index (χ0n) is 20.9. The van der Waals surface area contributed by atoms with Crippen LogP contribution in [0.25, 0.3) is 0 Å². The topological polar surface area (TPSA) is 107 Å². The quantitative estimate of drug-likeness (QED) is 0.336. The Balaban J connectivity index is 2.02. The van der Waals surface area contributed by atoms with Crippen LogP contribution in [-0.4, -0.2) is 38.5 Å². The molecular formula is C28H28N2O6S. The number of allylic oxidation sites excluding steroid dienone is 2. The van der Waals surface area contributed by atoms with E-state index in [1.807, 2.05) is 30.3 Å². The largest absolute Gasteiger partial charge is 0.493 e. The van der Waals surface area contributed by atoms with Crippen LogP contribution in [-0.2, 0) is 25.7 Å². The molecule has 1 atom stereocenters. The Morgan fingerprint density at radius 3 is 2.57 bits per heavy atom. The van der Waals surface area contributed by atoms with Gasteiger partial charge in [0.05, 0.1) is 48.1 Å². The molecule has 9 heteroatoms. The molecule has 0 bridgehead atoms. The van der Waals surface area contributed by atoms with Gasteiger partial charge >= 0.3 is 11.9 Å². The third kappa shape index (κ3) is 6.74. The lowest BCUT2D eigenvalue weighted by atomic mass is 9.82. The van der Waals surface area contributed by atoms with Crippen molar-refractivity contribution in [2.75, 3.05) is 26.6 Å². The lowest BCUT2D eigenvalue weighted by Gasteiger charge is -2.29. The maximum atomic E-state index is 13.1. The summed E-state index contributed by atoms with van der Waals surface area (Å²) in [4.78, 5) is 24.8. The second kappa shape index (κ2) is 13.2. The van der Waals surface area contributed by atoms with Gasteiger partial charge < -0.3 is 24.3 Å². The molecule has 3 rings (SSSR count). The van der Waals surface area contributed by atoms with Crippen LogP contribution in [0.2, 0.25) is 0 Å². The molecule has 37 heavy (non-hydrogen) atoms. The van der Waals surface area contributed by atoms with Gasteiger partial charge in [0, 0.05) is 5.70 Å². The van der Waals surface area contributed by atoms with Crippen molar-refractivity contribution >= 4 is 23.7 Å². The van der Waals surface area contributed by atoms with Gasteiger partial charge in [0.15, 0.2) is 11.5 Å². The number of benzene rings is 2. The van der Waals surface area contributed by atoms with E-state index < -0.39 is 17.9 Å². The molecule has 0 radical (unpaired) electrons. The van der Waals surface area contributed by atoms with Gasteiger partial charge in [-0.05, 0) is 30.2 Å². The van der Waals surface area contributed by atoms with E-state index >= 15 is 0 Å². The Morgan fingerprint density at radius 1 is 1.16 bits per heavy atom. The molecule has 192 valence electrons. The highest BCUT2D eigenvalue weighted by Crippen LogP contribution is 2.43. The van der Waals surface area contributed by atoms with Gasteiger partial charge in [0.2, 0.25) is 0 Å². The molecule has 2 aromatic rings. The minimum absolute atomic E-state index is 0.00412. The van der Waals surface area contributed by atoms with Gasteiger partial charge in [-0.1, -0.05) is 60.8 Å². The summed E-state index contributed by atoms with van der Waals surface area (Å²) in [6.07, 6.45) is 1.47. The number of esters is 2. The van der Waals surface area contributed by atoms with Crippen molar-refractivity contribution in [3.63, 3.8) is 0 Å². The first-order valence-corrected chi connectivity index (χ1v) is 12.4. The van der Waals surface area contributed by atoms with Crippen molar-refractivity contribution in [3.05, 3.63) is 94.2 Å². The average Bonchev–Trinajstić information content (AvgIpc) is 2.93. The number of carbonyl (C=O) groups excluding carboxylic acids is 2. The van der Waals surface area contributed by atoms with E-state index in [0.29, 0.717) is 34.4 Å². The molecule has 0 fully saturated rings. The number of hydrogen-bond acceptors (Lipinski definition) is 9. The predicted octanol–water partition coefficient (Wildman–Crippen LogP) is 4.61. The molecule has 1 heterocycles. The van der Waals surface area contributed by atoms with Crippen molar-refractivity contribution in [3.8, 4) is 17.6 Å². The van der Waals surface area contributed by atoms with Crippen LogP contribution in [0.3, 0.4) is 0 Å². The van der Waals surface area contributed by atoms with Crippen LogP contribution in [0, 0.1) is 11.3 Å². The summed E-state index contributed by atoms with van der Waals surface area (Å²) < 4.78 is 21.6. The fraction of sp³-hybridized carbons (Fsp3) is 0.250. The number of nitrogens with one attached hydrogen (secondary N) is 1. The van der Waals surface area contributed by atoms with Gasteiger partial charge in [0.25, 0.3) is 0 Å². The third-order valence-corrected chi connectivity index (χ3v) is 6.51. The van der Waals surface area contributed by atoms with E-state index in [-0.39, 0.29) is 23.5 Å². The summed E-state index contributed by atoms with van der Waals surface area (Å²) in [5.74, 6) is -0.820. The maximum Gasteiger partial charge on any atom is 0.337 e. The van der Waals surface area contributed by atoms with Gasteiger partial charge in [-0.25, -0.2) is 4.79 Å². The summed E-state index contributed by atoms with van der Waals surface area (Å²) in [5.41, 5.74) is 2.68. The van der Waals surface area contributed by atoms with E-state index in [9.17, 15) is 14.9 Å². The molecule has 0 spiro atoms. The van der Waals surface area contributed by atoms with Gasteiger partial charge in [-0.3, -0.25) is 4.79 Å². The Labute approximate surface area is 220 Å². The molecule has 1 aliphatic rings. The Kier molecular flexibility index (Phi) is 9.81. The van der Waals surface area contributed by atoms with Crippen LogP contribution < -0.4 is 14.8 Å². The zero-order chi connectivity index (χ0) is 26.8. The number of ether oxygens (including phenoxy) is 4. The monoisotopic (exact) mass is 520 g/mol. The molecule has 1 aliphatic heterocycles. The highest BCUT2D eigenvalue weighted by Gasteiger charge is 2.36. The second-order valence-electron chi connectivity index (χ2n) is 7.89. The zero-order valence-corrected chi connectivity index (χ0v) is 21.7. The number of hydrogen-bond donors (Lipinski definition) is 1. The summed E-state index contributed by atoms with van der Waals surface area (Å²) >= 11 is 1.13. The summed E-state index contributed by atoms with van der Waals surface area (Å²) in [5, 5.41) is 13.7. The van der Waals surface area contributed by atoms with Crippen molar-refractivity contribution in [2.24, 2.45) is 0 Å². The molecule has 0 amide bonds. The Bertz CT molecular complexity index is 1260. The lowest BCUT2D eigenvalue weighted by molar-refractivity contribution is -0.138. The first-order chi connectivity index (χ1) is 17.9. The van der Waals surface area contributed by atoms with Crippen molar-refractivity contribution in [1.29, 1.82) is 5.26 Å². The van der Waals surface area contributed by atoms with E-state index in [1.54, 1.807) is 25.1 Å². The predicted molar refractivity (Wildman–Crippen MR) is 141 cm³/mol. The van der Waals surface area contributed by atoms with Crippen molar-refractivity contribution < 1.29 is 28.5 Å². The van der Waals surface area contributed by atoms with Crippen LogP contribution >= 0.6 is 11.8 Å². The molecule has 2 aromatic carbocycles. The Morgan fingerprint density at radius 2 is 1.92 bits per heavy atom. The molecule has 0 aliphatic carbocycles. The van der Waals surface area contributed by atoms with Crippen LogP contribution in [0.4, 0.5) is 0 Å². The molecule has 0 unspecified atom stereocenters. The highest BCUT2D eigenvalue weighted by molar-refractivity contribution is 8.03. The highest BCUT2D eigenvalue weighted by atomic mass is 32.2. The first-order valence-electron chi connectivity index (χ1n) is 11.4. The third-order valence-electron chi connectivity index (χ3n) is 5.52. The molecule has 0 saturated heterocycles. The molecule has 8 nitrogen and oxygen atoms in total. The normalized spacial score (nSPS) is 14.8. The number of nitriles is 1. The van der Waals surface area contributed by atoms with E-state index in [4.69, 9.17) is 18.9 Å². The van der Waals surface area contributed by atoms with Crippen molar-refractivity contribution in [2.45, 2.75) is 19.4 Å². The smallest absolute Gasteiger partial charge is 0.337 e. The maximum absolute atomic E-state index is 13.1. The van der Waals surface area contributed by atoms with E-state index in [0.717, 1.165) is 17.3 Å². The Hall–Kier alpha value is -4.16. The van der Waals surface area contributed by atoms with Crippen LogP contribution in [0.1, 0.15) is 24.0 Å². The van der Waals surface area contributed by atoms with Gasteiger partial charge in [-0.2, -0.15) is 5.26 Å². The number of nitrogens with zero attached hydrogens (tertiary/aromatic N) is 1. The van der Waals surface area contributed by atoms with E-state index in [2.05, 4.69) is 18.0 Å². The average molecular weight is 521 g/mol. The van der Waals surface area contributed by atoms with E-state index in [1.165, 1.54) is 20.3 Å². The fourth-order valence-corrected chi connectivity index (χ4v) is 4.68. The summed E-state index contributed by atoms with van der Waals surface area (Å²) in [6, 6.07) is 17.2. The molecule has 0 aromatic heterocycles. The number of rotatable bonds is 11. The first kappa shape index (κ1) is 27.4. The number of dihydropyridines is 1. The summed E-state index contributed by atoms with van der Waals surface area (Å²) in [7, 11) is 2.82. The van der Waals surface area contributed by atoms with Gasteiger partial charge in [-0.15, -0.1) is 0 Å². The molecule has 0 saturated carbocycles. The minimum Gasteiger partial charge on any atom is -0.493 e. The molecule has 1 N–H and O–H groups in total. The number of thioether (sulfide) groups is 1. The van der Waals surface area contributed by atoms with Crippen molar-refractivity contribution in [1.82, 2.24) is 5.32 Å². The standard InChI is InChI=1S/C28H28N2O6S/c1-5-13-35-28(32)25-18(2)30-27(37-17-24(31)34-4)21(15-29)26(25)20-11-12-22(23(14-20)33-3)36-16-19-9-7-6-8-10-19/h5-12,14,26,30H,1,13,16-17H2,2-4H3/t26-/m0/s1. The number of carbonyl (C=O) groups is 2. The van der Waals surface area contributed by atoms with Crippen LogP contribution in [0.15, 0.2) is 83.1 Å². The fourth-order valence-electron chi connectivity index (χ4n) is 3.75. The van der Waals surface area contributed by atoms with Crippen LogP contribution in [0.5, 0.6) is 11.5 Å². The number of methoxy groups -OCH3 is 2. The minimum atomic E-state index is -0.763. The molecular weight excluding hydrogens is 492 g/mol. The SMILES string of the molecule is C=CCOC(=O)C1=C(C)NC(SCC(=O)OC)=C(C#N)[C@@H]1c1ccc(OCc2ccccc2)c(OC)c1. The lowest BCUT2D eigenvalue weighted by Crippen LogP contribution is -2.29. The van der Waals surface area contributed by atoms with Gasteiger partial charge in [0.1, 0.15) is 13.2 Å². The second-order valence-corrected chi connectivity index (χ2v) is 8.87. The summed E-state index contributed by atoms with van der Waals surface area (Å²) in [6.45, 7) is 5.68.